The van der Waals surface area contributed by atoms with Crippen LogP contribution in [0.2, 0.25) is 0 Å². The summed E-state index contributed by atoms with van der Waals surface area (Å²) < 4.78 is 28.9. The summed E-state index contributed by atoms with van der Waals surface area (Å²) in [5, 5.41) is 6.25. The predicted molar refractivity (Wildman–Crippen MR) is 177 cm³/mol. The molecule has 5 aliphatic rings. The molecule has 1 heterocycles. The van der Waals surface area contributed by atoms with Gasteiger partial charge in [0.05, 0.1) is 10.9 Å². The van der Waals surface area contributed by atoms with Crippen molar-refractivity contribution in [3.8, 4) is 11.1 Å². The Bertz CT molecular complexity index is 1510. The van der Waals surface area contributed by atoms with Gasteiger partial charge in [-0.3, -0.25) is 4.79 Å². The van der Waals surface area contributed by atoms with E-state index in [0.717, 1.165) is 54.0 Å². The van der Waals surface area contributed by atoms with E-state index >= 15 is 0 Å². The molecule has 4 aliphatic carbocycles. The van der Waals surface area contributed by atoms with Gasteiger partial charge in [0.1, 0.15) is 5.37 Å². The maximum absolute atomic E-state index is 13.8. The minimum absolute atomic E-state index is 0.191. The molecule has 6 nitrogen and oxygen atoms in total. The van der Waals surface area contributed by atoms with Crippen molar-refractivity contribution in [1.29, 1.82) is 0 Å². The fourth-order valence-corrected chi connectivity index (χ4v) is 11.9. The monoisotopic (exact) mass is 629 g/mol. The molecule has 1 aliphatic heterocycles. The topological polar surface area (TPSA) is 78.5 Å². The van der Waals surface area contributed by atoms with Crippen molar-refractivity contribution in [3.05, 3.63) is 90.5 Å². The number of hydrogen-bond acceptors (Lipinski definition) is 5. The number of rotatable bonds is 11. The van der Waals surface area contributed by atoms with Crippen LogP contribution in [0.3, 0.4) is 0 Å². The van der Waals surface area contributed by atoms with E-state index in [1.54, 1.807) is 12.1 Å². The zero-order valence-electron chi connectivity index (χ0n) is 25.2. The lowest BCUT2D eigenvalue weighted by Gasteiger charge is -2.57. The summed E-state index contributed by atoms with van der Waals surface area (Å²) >= 11 is 1.40. The molecule has 232 valence electrons. The molecule has 2 N–H and O–H groups in total. The smallest absolute Gasteiger partial charge is 0.249 e. The Kier molecular flexibility index (Phi) is 8.62. The lowest BCUT2D eigenvalue weighted by atomic mass is 9.49. The van der Waals surface area contributed by atoms with Crippen LogP contribution in [-0.2, 0) is 14.8 Å². The highest BCUT2D eigenvalue weighted by atomic mass is 32.2. The van der Waals surface area contributed by atoms with E-state index in [0.29, 0.717) is 17.7 Å². The van der Waals surface area contributed by atoms with Crippen LogP contribution in [0.5, 0.6) is 0 Å². The van der Waals surface area contributed by atoms with Gasteiger partial charge in [0.15, 0.2) is 0 Å². The average molecular weight is 630 g/mol. The van der Waals surface area contributed by atoms with Crippen LogP contribution in [0, 0.1) is 23.2 Å². The molecule has 4 bridgehead atoms. The highest BCUT2D eigenvalue weighted by Gasteiger charge is 2.50. The van der Waals surface area contributed by atoms with Crippen molar-refractivity contribution in [3.63, 3.8) is 0 Å². The van der Waals surface area contributed by atoms with Gasteiger partial charge in [-0.2, -0.15) is 4.31 Å². The molecule has 2 unspecified atom stereocenters. The maximum Gasteiger partial charge on any atom is 0.249 e. The molecule has 0 aromatic heterocycles. The van der Waals surface area contributed by atoms with E-state index in [9.17, 15) is 13.2 Å². The summed E-state index contributed by atoms with van der Waals surface area (Å²) in [6.07, 6.45) is 9.24. The number of amides is 1. The van der Waals surface area contributed by atoms with Gasteiger partial charge in [0.2, 0.25) is 15.9 Å². The van der Waals surface area contributed by atoms with E-state index in [1.165, 1.54) is 54.6 Å². The van der Waals surface area contributed by atoms with Gasteiger partial charge in [-0.25, -0.2) is 8.42 Å². The number of hydrogen-bond donors (Lipinski definition) is 2. The van der Waals surface area contributed by atoms with Gasteiger partial charge in [-0.15, -0.1) is 11.8 Å². The molecule has 44 heavy (non-hydrogen) atoms. The Morgan fingerprint density at radius 1 is 0.841 bits per heavy atom. The zero-order chi connectivity index (χ0) is 30.1. The van der Waals surface area contributed by atoms with Crippen LogP contribution in [0.25, 0.3) is 11.1 Å². The SMILES string of the molecule is O=C(NC(CCNCC12CC3CC(CC(C3)C1)C2)c1ccccc1)C1SCCN1S(=O)(=O)c1ccc(-c2ccccc2)cc1. The first-order valence-corrected chi connectivity index (χ1v) is 18.7. The molecule has 3 aromatic carbocycles. The van der Waals surface area contributed by atoms with E-state index < -0.39 is 15.4 Å². The van der Waals surface area contributed by atoms with E-state index in [4.69, 9.17) is 0 Å². The van der Waals surface area contributed by atoms with E-state index in [2.05, 4.69) is 22.8 Å². The molecule has 8 rings (SSSR count). The average Bonchev–Trinajstić information content (AvgIpc) is 3.54. The van der Waals surface area contributed by atoms with Gasteiger partial charge in [0, 0.05) is 18.8 Å². The molecule has 0 radical (unpaired) electrons. The van der Waals surface area contributed by atoms with Crippen molar-refractivity contribution >= 4 is 27.7 Å². The minimum atomic E-state index is -3.84. The number of benzene rings is 3. The Labute approximate surface area is 266 Å². The fourth-order valence-electron chi connectivity index (χ4n) is 8.85. The molecule has 5 fully saturated rings. The molecule has 2 atom stereocenters. The third-order valence-corrected chi connectivity index (χ3v) is 13.6. The first kappa shape index (κ1) is 30.0. The summed E-state index contributed by atoms with van der Waals surface area (Å²) in [7, 11) is -3.84. The van der Waals surface area contributed by atoms with E-state index in [-0.39, 0.29) is 16.8 Å². The van der Waals surface area contributed by atoms with Crippen molar-refractivity contribution < 1.29 is 13.2 Å². The van der Waals surface area contributed by atoms with Crippen molar-refractivity contribution in [2.24, 2.45) is 23.2 Å². The van der Waals surface area contributed by atoms with Gasteiger partial charge in [0.25, 0.3) is 0 Å². The Morgan fingerprint density at radius 3 is 2.07 bits per heavy atom. The maximum atomic E-state index is 13.8. The summed E-state index contributed by atoms with van der Waals surface area (Å²) in [6.45, 7) is 2.20. The summed E-state index contributed by atoms with van der Waals surface area (Å²) in [5.41, 5.74) is 3.50. The largest absolute Gasteiger partial charge is 0.347 e. The lowest BCUT2D eigenvalue weighted by molar-refractivity contribution is -0.123. The number of sulfonamides is 1. The summed E-state index contributed by atoms with van der Waals surface area (Å²) in [6, 6.07) is 26.8. The Morgan fingerprint density at radius 2 is 1.43 bits per heavy atom. The Balaban J connectivity index is 1.00. The van der Waals surface area contributed by atoms with Crippen molar-refractivity contribution in [2.45, 2.75) is 61.3 Å². The number of carbonyl (C=O) groups excluding carboxylic acids is 1. The van der Waals surface area contributed by atoms with Crippen LogP contribution in [0.15, 0.2) is 89.8 Å². The summed E-state index contributed by atoms with van der Waals surface area (Å²) in [5.74, 6) is 3.15. The highest BCUT2D eigenvalue weighted by molar-refractivity contribution is 8.02. The van der Waals surface area contributed by atoms with Crippen molar-refractivity contribution in [1.82, 2.24) is 14.9 Å². The first-order valence-electron chi connectivity index (χ1n) is 16.2. The number of thioether (sulfide) groups is 1. The second-order valence-electron chi connectivity index (χ2n) is 13.6. The first-order chi connectivity index (χ1) is 21.4. The van der Waals surface area contributed by atoms with Gasteiger partial charge in [-0.05, 0) is 103 Å². The standard InChI is InChI=1S/C36H43N3O3S2/c40-34(35-39(17-18-43-35)44(41,42)32-13-11-30(12-14-32)29-7-3-1-4-8-29)38-33(31-9-5-2-6-10-31)15-16-37-25-36-22-26-19-27(23-36)21-28(20-26)24-36/h1-14,26-28,33,35,37H,15-25H2,(H,38,40). The Hall–Kier alpha value is -2.65. The molecule has 1 amide bonds. The predicted octanol–water partition coefficient (Wildman–Crippen LogP) is 6.47. The second kappa shape index (κ2) is 12.6. The number of nitrogens with zero attached hydrogens (tertiary/aromatic N) is 1. The normalized spacial score (nSPS) is 28.6. The fraction of sp³-hybridized carbons (Fsp3) is 0.472. The molecule has 4 saturated carbocycles. The quantitative estimate of drug-likeness (QED) is 0.238. The molecule has 1 saturated heterocycles. The van der Waals surface area contributed by atoms with Crippen LogP contribution in [0.4, 0.5) is 0 Å². The third-order valence-electron chi connectivity index (χ3n) is 10.4. The highest BCUT2D eigenvalue weighted by Crippen LogP contribution is 2.59. The van der Waals surface area contributed by atoms with Crippen molar-refractivity contribution in [2.75, 3.05) is 25.4 Å². The molecule has 0 spiro atoms. The number of carbonyl (C=O) groups is 1. The van der Waals surface area contributed by atoms with Crippen LogP contribution >= 0.6 is 11.8 Å². The van der Waals surface area contributed by atoms with Gasteiger partial charge < -0.3 is 10.6 Å². The lowest BCUT2D eigenvalue weighted by Crippen LogP contribution is -2.50. The van der Waals surface area contributed by atoms with Gasteiger partial charge in [-0.1, -0.05) is 72.8 Å². The van der Waals surface area contributed by atoms with Gasteiger partial charge >= 0.3 is 0 Å². The second-order valence-corrected chi connectivity index (χ2v) is 16.7. The molecular formula is C36H43N3O3S2. The van der Waals surface area contributed by atoms with Crippen LogP contribution in [0.1, 0.15) is 56.6 Å². The van der Waals surface area contributed by atoms with E-state index in [1.807, 2.05) is 60.7 Å². The molecule has 8 heteroatoms. The molecular weight excluding hydrogens is 587 g/mol. The molecule has 3 aromatic rings. The minimum Gasteiger partial charge on any atom is -0.347 e. The van der Waals surface area contributed by atoms with Crippen LogP contribution < -0.4 is 10.6 Å². The zero-order valence-corrected chi connectivity index (χ0v) is 26.9. The number of nitrogens with one attached hydrogen (secondary N) is 2. The summed E-state index contributed by atoms with van der Waals surface area (Å²) in [4.78, 5) is 14.0. The third kappa shape index (κ3) is 6.23. The van der Waals surface area contributed by atoms with Crippen LogP contribution in [-0.4, -0.2) is 49.4 Å².